The third-order valence-electron chi connectivity index (χ3n) is 2.05. The van der Waals surface area contributed by atoms with E-state index in [2.05, 4.69) is 10.1 Å². The lowest BCUT2D eigenvalue weighted by atomic mass is 10.2. The molecule has 90 valence electrons. The first-order chi connectivity index (χ1) is 7.42. The van der Waals surface area contributed by atoms with E-state index in [-0.39, 0.29) is 18.0 Å². The highest BCUT2D eigenvalue weighted by atomic mass is 19.4. The summed E-state index contributed by atoms with van der Waals surface area (Å²) in [5, 5.41) is 2.44. The molecule has 1 unspecified atom stereocenters. The van der Waals surface area contributed by atoms with Gasteiger partial charge in [0, 0.05) is 11.6 Å². The first-order valence-electron chi connectivity index (χ1n) is 4.55. The summed E-state index contributed by atoms with van der Waals surface area (Å²) in [6.45, 7) is -1.59. The molecular formula is C9H10F3NO3. The molecule has 1 N–H and O–H groups in total. The quantitative estimate of drug-likeness (QED) is 0.584. The van der Waals surface area contributed by atoms with Crippen LogP contribution in [0.5, 0.6) is 0 Å². The fourth-order valence-electron chi connectivity index (χ4n) is 1.35. The van der Waals surface area contributed by atoms with Crippen molar-refractivity contribution < 1.29 is 27.5 Å². The number of carbonyl (C=O) groups excluding carboxylic acids is 2. The molecule has 0 aromatic carbocycles. The maximum Gasteiger partial charge on any atom is 0.422 e. The van der Waals surface area contributed by atoms with Crippen LogP contribution >= 0.6 is 0 Å². The van der Waals surface area contributed by atoms with Crippen LogP contribution in [0.25, 0.3) is 0 Å². The topological polar surface area (TPSA) is 55.4 Å². The minimum Gasteiger partial charge on any atom is -0.453 e. The Morgan fingerprint density at radius 2 is 2.31 bits per heavy atom. The first kappa shape index (κ1) is 12.5. The summed E-state index contributed by atoms with van der Waals surface area (Å²) >= 11 is 0. The molecule has 7 heteroatoms. The number of alkyl halides is 3. The van der Waals surface area contributed by atoms with E-state index in [1.807, 2.05) is 0 Å². The lowest BCUT2D eigenvalue weighted by molar-refractivity contribution is -0.183. The van der Waals surface area contributed by atoms with Gasteiger partial charge in [-0.2, -0.15) is 13.2 Å². The summed E-state index contributed by atoms with van der Waals surface area (Å²) in [7, 11) is 0. The zero-order valence-electron chi connectivity index (χ0n) is 8.21. The predicted octanol–water partition coefficient (Wildman–Crippen LogP) is 0.927. The Morgan fingerprint density at radius 1 is 1.62 bits per heavy atom. The number of esters is 1. The van der Waals surface area contributed by atoms with Crippen molar-refractivity contribution in [1.82, 2.24) is 5.32 Å². The van der Waals surface area contributed by atoms with E-state index in [1.165, 1.54) is 6.08 Å². The van der Waals surface area contributed by atoms with Crippen LogP contribution in [0, 0.1) is 0 Å². The van der Waals surface area contributed by atoms with E-state index in [0.29, 0.717) is 12.8 Å². The summed E-state index contributed by atoms with van der Waals surface area (Å²) in [5.74, 6) is -0.979. The standard InChI is InChI=1S/C9H10F3NO3/c10-9(11,12)4-16-8(15)6-1-2-7(3-6)13-5-14/h1,5,7H,2-4H2,(H,13,14). The van der Waals surface area contributed by atoms with Gasteiger partial charge in [0.2, 0.25) is 6.41 Å². The molecule has 0 spiro atoms. The Kier molecular flexibility index (Phi) is 3.92. The van der Waals surface area contributed by atoms with Gasteiger partial charge in [-0.25, -0.2) is 4.79 Å². The normalized spacial score (nSPS) is 20.2. The van der Waals surface area contributed by atoms with Crippen LogP contribution in [0.4, 0.5) is 13.2 Å². The summed E-state index contributed by atoms with van der Waals surface area (Å²) < 4.78 is 39.3. The van der Waals surface area contributed by atoms with Crippen LogP contribution in [0.1, 0.15) is 12.8 Å². The van der Waals surface area contributed by atoms with Gasteiger partial charge in [-0.15, -0.1) is 0 Å². The zero-order valence-corrected chi connectivity index (χ0v) is 8.21. The second-order valence-corrected chi connectivity index (χ2v) is 3.34. The summed E-state index contributed by atoms with van der Waals surface area (Å²) in [5.41, 5.74) is 0.170. The van der Waals surface area contributed by atoms with E-state index in [0.717, 1.165) is 0 Å². The Balaban J connectivity index is 2.36. The maximum atomic E-state index is 11.7. The van der Waals surface area contributed by atoms with Crippen LogP contribution in [0.15, 0.2) is 11.6 Å². The minimum absolute atomic E-state index is 0.170. The number of ether oxygens (including phenoxy) is 1. The molecule has 1 atom stereocenters. The average Bonchev–Trinajstić information content (AvgIpc) is 2.62. The third kappa shape index (κ3) is 3.92. The van der Waals surface area contributed by atoms with Gasteiger partial charge in [0.25, 0.3) is 0 Å². The molecule has 0 saturated carbocycles. The maximum absolute atomic E-state index is 11.7. The van der Waals surface area contributed by atoms with Crippen molar-refractivity contribution >= 4 is 12.4 Å². The van der Waals surface area contributed by atoms with E-state index in [4.69, 9.17) is 0 Å². The predicted molar refractivity (Wildman–Crippen MR) is 47.3 cm³/mol. The van der Waals surface area contributed by atoms with Crippen LogP contribution in [0.2, 0.25) is 0 Å². The average molecular weight is 237 g/mol. The number of rotatable bonds is 4. The van der Waals surface area contributed by atoms with Gasteiger partial charge in [-0.1, -0.05) is 6.08 Å². The van der Waals surface area contributed by atoms with Gasteiger partial charge in [0.1, 0.15) is 0 Å². The monoisotopic (exact) mass is 237 g/mol. The molecule has 16 heavy (non-hydrogen) atoms. The van der Waals surface area contributed by atoms with Crippen molar-refractivity contribution in [3.05, 3.63) is 11.6 Å². The molecule has 1 aliphatic carbocycles. The third-order valence-corrected chi connectivity index (χ3v) is 2.05. The summed E-state index contributed by atoms with van der Waals surface area (Å²) in [6.07, 6.45) is -1.93. The highest BCUT2D eigenvalue weighted by molar-refractivity contribution is 5.89. The van der Waals surface area contributed by atoms with Crippen molar-refractivity contribution in [2.45, 2.75) is 25.1 Å². The summed E-state index contributed by atoms with van der Waals surface area (Å²) in [6, 6.07) is -0.231. The molecule has 0 aliphatic heterocycles. The molecule has 0 aromatic heterocycles. The van der Waals surface area contributed by atoms with E-state index < -0.39 is 18.8 Å². The molecule has 4 nitrogen and oxygen atoms in total. The van der Waals surface area contributed by atoms with Gasteiger partial charge in [0.05, 0.1) is 0 Å². The van der Waals surface area contributed by atoms with Crippen molar-refractivity contribution in [2.75, 3.05) is 6.61 Å². The van der Waals surface area contributed by atoms with Crippen LogP contribution in [0.3, 0.4) is 0 Å². The molecular weight excluding hydrogens is 227 g/mol. The number of hydrogen-bond donors (Lipinski definition) is 1. The molecule has 1 amide bonds. The molecule has 0 heterocycles. The molecule has 0 radical (unpaired) electrons. The van der Waals surface area contributed by atoms with E-state index in [1.54, 1.807) is 0 Å². The second-order valence-electron chi connectivity index (χ2n) is 3.34. The molecule has 0 saturated heterocycles. The van der Waals surface area contributed by atoms with Crippen molar-refractivity contribution in [2.24, 2.45) is 0 Å². The highest BCUT2D eigenvalue weighted by Crippen LogP contribution is 2.21. The largest absolute Gasteiger partial charge is 0.453 e. The molecule has 0 aromatic rings. The Labute approximate surface area is 89.4 Å². The number of hydrogen-bond acceptors (Lipinski definition) is 3. The van der Waals surface area contributed by atoms with Crippen molar-refractivity contribution in [3.8, 4) is 0 Å². The lowest BCUT2D eigenvalue weighted by Gasteiger charge is -2.09. The van der Waals surface area contributed by atoms with Gasteiger partial charge >= 0.3 is 12.1 Å². The van der Waals surface area contributed by atoms with Gasteiger partial charge < -0.3 is 10.1 Å². The van der Waals surface area contributed by atoms with Crippen LogP contribution in [-0.4, -0.2) is 31.2 Å². The Bertz CT molecular complexity index is 312. The van der Waals surface area contributed by atoms with Crippen LogP contribution < -0.4 is 5.32 Å². The number of carbonyl (C=O) groups is 2. The zero-order chi connectivity index (χ0) is 12.2. The Hall–Kier alpha value is -1.53. The SMILES string of the molecule is O=CNC1CC=C(C(=O)OCC(F)(F)F)C1. The molecule has 0 fully saturated rings. The number of amides is 1. The fraction of sp³-hybridized carbons (Fsp3) is 0.556. The molecule has 1 aliphatic rings. The molecule has 0 bridgehead atoms. The van der Waals surface area contributed by atoms with Crippen molar-refractivity contribution in [1.29, 1.82) is 0 Å². The lowest BCUT2D eigenvalue weighted by Crippen LogP contribution is -2.26. The van der Waals surface area contributed by atoms with Gasteiger partial charge in [-0.05, 0) is 12.8 Å². The minimum atomic E-state index is -4.52. The number of halogens is 3. The fourth-order valence-corrected chi connectivity index (χ4v) is 1.35. The first-order valence-corrected chi connectivity index (χ1v) is 4.55. The number of nitrogens with one attached hydrogen (secondary N) is 1. The van der Waals surface area contributed by atoms with Gasteiger partial charge in [0.15, 0.2) is 6.61 Å². The summed E-state index contributed by atoms with van der Waals surface area (Å²) in [4.78, 5) is 21.2. The molecule has 1 rings (SSSR count). The van der Waals surface area contributed by atoms with E-state index in [9.17, 15) is 22.8 Å². The van der Waals surface area contributed by atoms with Crippen molar-refractivity contribution in [3.63, 3.8) is 0 Å². The van der Waals surface area contributed by atoms with E-state index >= 15 is 0 Å². The Morgan fingerprint density at radius 3 is 2.88 bits per heavy atom. The smallest absolute Gasteiger partial charge is 0.422 e. The second kappa shape index (κ2) is 5.00. The highest BCUT2D eigenvalue weighted by Gasteiger charge is 2.31. The van der Waals surface area contributed by atoms with Crippen LogP contribution in [-0.2, 0) is 14.3 Å². The van der Waals surface area contributed by atoms with Gasteiger partial charge in [-0.3, -0.25) is 4.79 Å².